The summed E-state index contributed by atoms with van der Waals surface area (Å²) in [7, 11) is 0. The van der Waals surface area contributed by atoms with Crippen LogP contribution < -0.4 is 15.1 Å². The number of hydrogen-bond donors (Lipinski definition) is 1. The smallest absolute Gasteiger partial charge is 0.382 e. The van der Waals surface area contributed by atoms with Gasteiger partial charge in [0.15, 0.2) is 5.75 Å². The van der Waals surface area contributed by atoms with Crippen molar-refractivity contribution in [1.82, 2.24) is 0 Å². The second kappa shape index (κ2) is 11.9. The van der Waals surface area contributed by atoms with Gasteiger partial charge in [-0.2, -0.15) is 0 Å². The van der Waals surface area contributed by atoms with Crippen molar-refractivity contribution in [2.45, 2.75) is 53.4 Å². The first kappa shape index (κ1) is 23.3. The Bertz CT molecular complexity index is 975. The number of allylic oxidation sites excluding steroid dienone is 4. The van der Waals surface area contributed by atoms with Gasteiger partial charge in [-0.25, -0.2) is 4.79 Å². The molecule has 0 radical (unpaired) electrons. The molecule has 0 saturated heterocycles. The zero-order valence-electron chi connectivity index (χ0n) is 18.4. The van der Waals surface area contributed by atoms with Gasteiger partial charge in [-0.3, -0.25) is 0 Å². The van der Waals surface area contributed by atoms with Crippen LogP contribution in [0.4, 0.5) is 0 Å². The van der Waals surface area contributed by atoms with Crippen molar-refractivity contribution in [1.29, 1.82) is 0 Å². The molecule has 0 bridgehead atoms. The monoisotopic (exact) mass is 412 g/mol. The van der Waals surface area contributed by atoms with Crippen LogP contribution in [0, 0.1) is 0 Å². The molecule has 30 heavy (non-hydrogen) atoms. The van der Waals surface area contributed by atoms with E-state index in [9.17, 15) is 9.90 Å². The maximum atomic E-state index is 12.0. The van der Waals surface area contributed by atoms with Crippen molar-refractivity contribution >= 4 is 11.0 Å². The number of aromatic hydroxyl groups is 1. The summed E-state index contributed by atoms with van der Waals surface area (Å²) in [4.78, 5) is 12.0. The van der Waals surface area contributed by atoms with E-state index in [1.807, 2.05) is 18.2 Å². The molecule has 5 heteroatoms. The third kappa shape index (κ3) is 7.14. The molecule has 0 unspecified atom stereocenters. The molecule has 0 aliphatic rings. The van der Waals surface area contributed by atoms with Crippen LogP contribution in [0.2, 0.25) is 0 Å². The molecule has 0 aliphatic heterocycles. The number of rotatable bonds is 11. The van der Waals surface area contributed by atoms with Crippen LogP contribution in [0.15, 0.2) is 62.9 Å². The molecular weight excluding hydrogens is 380 g/mol. The summed E-state index contributed by atoms with van der Waals surface area (Å²) in [6.07, 6.45) is 12.0. The van der Waals surface area contributed by atoms with Crippen molar-refractivity contribution in [2.75, 3.05) is 13.2 Å². The van der Waals surface area contributed by atoms with Crippen molar-refractivity contribution in [3.63, 3.8) is 0 Å². The molecule has 2 aromatic rings. The van der Waals surface area contributed by atoms with Gasteiger partial charge in [-0.1, -0.05) is 36.3 Å². The van der Waals surface area contributed by atoms with Gasteiger partial charge in [0, 0.05) is 6.07 Å². The Morgan fingerprint density at radius 1 is 1.10 bits per heavy atom. The molecule has 1 aromatic heterocycles. The van der Waals surface area contributed by atoms with Crippen LogP contribution in [-0.2, 0) is 0 Å². The van der Waals surface area contributed by atoms with Gasteiger partial charge in [-0.15, -0.1) is 0 Å². The minimum absolute atomic E-state index is 0.146. The van der Waals surface area contributed by atoms with E-state index in [-0.39, 0.29) is 5.75 Å². The highest BCUT2D eigenvalue weighted by Crippen LogP contribution is 2.33. The van der Waals surface area contributed by atoms with Gasteiger partial charge in [-0.05, 0) is 64.7 Å². The normalized spacial score (nSPS) is 11.8. The summed E-state index contributed by atoms with van der Waals surface area (Å²) in [5.74, 6) is 0.222. The number of ether oxygens (including phenoxy) is 2. The van der Waals surface area contributed by atoms with Crippen LogP contribution >= 0.6 is 0 Å². The molecule has 0 fully saturated rings. The van der Waals surface area contributed by atoms with E-state index in [4.69, 9.17) is 13.9 Å². The molecule has 0 amide bonds. The summed E-state index contributed by atoms with van der Waals surface area (Å²) in [6.45, 7) is 9.13. The fraction of sp³-hybridized carbons (Fsp3) is 0.400. The summed E-state index contributed by atoms with van der Waals surface area (Å²) >= 11 is 0. The first-order chi connectivity index (χ1) is 14.4. The largest absolute Gasteiger partial charge is 0.499 e. The molecule has 0 saturated carbocycles. The van der Waals surface area contributed by atoms with Gasteiger partial charge in [0.05, 0.1) is 12.0 Å². The van der Waals surface area contributed by atoms with E-state index in [1.165, 1.54) is 11.1 Å². The van der Waals surface area contributed by atoms with Gasteiger partial charge in [0.25, 0.3) is 0 Å². The lowest BCUT2D eigenvalue weighted by atomic mass is 10.1. The zero-order valence-corrected chi connectivity index (χ0v) is 18.4. The minimum Gasteiger partial charge on any atom is -0.499 e. The maximum Gasteiger partial charge on any atom is 0.382 e. The summed E-state index contributed by atoms with van der Waals surface area (Å²) in [5.41, 5.74) is 2.08. The molecule has 0 atom stereocenters. The highest BCUT2D eigenvalue weighted by molar-refractivity contribution is 5.86. The zero-order chi connectivity index (χ0) is 21.9. The van der Waals surface area contributed by atoms with E-state index in [0.29, 0.717) is 36.4 Å². The molecule has 5 nitrogen and oxygen atoms in total. The van der Waals surface area contributed by atoms with Crippen LogP contribution in [0.3, 0.4) is 0 Å². The Balaban J connectivity index is 2.08. The highest BCUT2D eigenvalue weighted by Gasteiger charge is 2.15. The predicted molar refractivity (Wildman–Crippen MR) is 122 cm³/mol. The van der Waals surface area contributed by atoms with Crippen LogP contribution in [0.25, 0.3) is 11.0 Å². The highest BCUT2D eigenvalue weighted by atomic mass is 16.5. The standard InChI is InChI=1S/C25H32O5/c1-5-6-7-8-15-29-24-21-13-12-20(17-22(21)30-25(27)23(24)26)28-16-14-19(4)11-9-10-18(2)3/h6-7,10,12-14,17,26H,5,8-9,11,15-16H2,1-4H3/b7-6+,19-14+. The number of benzene rings is 1. The van der Waals surface area contributed by atoms with Gasteiger partial charge in [0.2, 0.25) is 5.75 Å². The molecular formula is C25H32O5. The topological polar surface area (TPSA) is 68.9 Å². The second-order valence-electron chi connectivity index (χ2n) is 7.42. The van der Waals surface area contributed by atoms with E-state index < -0.39 is 11.4 Å². The Morgan fingerprint density at radius 3 is 2.63 bits per heavy atom. The molecule has 162 valence electrons. The Kier molecular flexibility index (Phi) is 9.26. The molecule has 1 aromatic carbocycles. The summed E-state index contributed by atoms with van der Waals surface area (Å²) in [6, 6.07) is 5.15. The first-order valence-corrected chi connectivity index (χ1v) is 10.4. The summed E-state index contributed by atoms with van der Waals surface area (Å²) in [5, 5.41) is 10.6. The number of hydrogen-bond acceptors (Lipinski definition) is 5. The molecule has 0 aliphatic carbocycles. The maximum absolute atomic E-state index is 12.0. The predicted octanol–water partition coefficient (Wildman–Crippen LogP) is 6.31. The van der Waals surface area contributed by atoms with Crippen molar-refractivity contribution in [2.24, 2.45) is 0 Å². The third-order valence-corrected chi connectivity index (χ3v) is 4.52. The second-order valence-corrected chi connectivity index (χ2v) is 7.42. The van der Waals surface area contributed by atoms with Crippen molar-refractivity contribution in [3.05, 3.63) is 64.1 Å². The van der Waals surface area contributed by atoms with E-state index in [0.717, 1.165) is 19.3 Å². The average molecular weight is 413 g/mol. The van der Waals surface area contributed by atoms with Crippen molar-refractivity contribution < 1.29 is 19.0 Å². The van der Waals surface area contributed by atoms with E-state index in [2.05, 4.69) is 33.8 Å². The van der Waals surface area contributed by atoms with Gasteiger partial charge in [0.1, 0.15) is 17.9 Å². The van der Waals surface area contributed by atoms with E-state index in [1.54, 1.807) is 18.2 Å². The fourth-order valence-electron chi connectivity index (χ4n) is 2.86. The molecule has 1 N–H and O–H groups in total. The van der Waals surface area contributed by atoms with Gasteiger partial charge < -0.3 is 19.0 Å². The molecule has 1 heterocycles. The Labute approximate surface area is 178 Å². The lowest BCUT2D eigenvalue weighted by molar-refractivity contribution is 0.301. The third-order valence-electron chi connectivity index (χ3n) is 4.52. The van der Waals surface area contributed by atoms with Gasteiger partial charge >= 0.3 is 5.63 Å². The average Bonchev–Trinajstić information content (AvgIpc) is 2.70. The van der Waals surface area contributed by atoms with Crippen LogP contribution in [0.1, 0.15) is 53.4 Å². The van der Waals surface area contributed by atoms with Crippen molar-refractivity contribution in [3.8, 4) is 17.2 Å². The summed E-state index contributed by atoms with van der Waals surface area (Å²) < 4.78 is 16.7. The lowest BCUT2D eigenvalue weighted by Gasteiger charge is -2.10. The SMILES string of the molecule is CC/C=C/CCOc1c(O)c(=O)oc2cc(OC/C=C(\C)CCC=C(C)C)ccc12. The quantitative estimate of drug-likeness (QED) is 0.266. The Morgan fingerprint density at radius 2 is 1.90 bits per heavy atom. The first-order valence-electron chi connectivity index (χ1n) is 10.4. The number of fused-ring (bicyclic) bond motifs is 1. The van der Waals surface area contributed by atoms with Crippen LogP contribution in [-0.4, -0.2) is 18.3 Å². The molecule has 2 rings (SSSR count). The molecule has 0 spiro atoms. The van der Waals surface area contributed by atoms with Crippen LogP contribution in [0.5, 0.6) is 17.2 Å². The Hall–Kier alpha value is -2.95. The fourth-order valence-corrected chi connectivity index (χ4v) is 2.86. The lowest BCUT2D eigenvalue weighted by Crippen LogP contribution is -2.04. The minimum atomic E-state index is -0.825. The van der Waals surface area contributed by atoms with E-state index >= 15 is 0 Å².